The van der Waals surface area contributed by atoms with E-state index in [1.807, 2.05) is 0 Å². The van der Waals surface area contributed by atoms with Gasteiger partial charge in [-0.15, -0.1) is 0 Å². The topological polar surface area (TPSA) is 42.3 Å². The molecule has 0 radical (unpaired) electrons. The number of fused-ring (bicyclic) bond motifs is 1. The molecule has 39 heavy (non-hydrogen) atoms. The first-order chi connectivity index (χ1) is 18.6. The molecular weight excluding hydrogens is 480 g/mol. The third-order valence-corrected chi connectivity index (χ3v) is 8.34. The number of allylic oxidation sites excluding steroid dienone is 9. The van der Waals surface area contributed by atoms with Crippen LogP contribution in [0.5, 0.6) is 0 Å². The van der Waals surface area contributed by atoms with E-state index < -0.39 is 0 Å². The van der Waals surface area contributed by atoms with Crippen molar-refractivity contribution in [3.63, 3.8) is 0 Å². The summed E-state index contributed by atoms with van der Waals surface area (Å²) in [5.41, 5.74) is 9.25. The van der Waals surface area contributed by atoms with Gasteiger partial charge in [0.1, 0.15) is 5.84 Å². The minimum atomic E-state index is 0.218. The highest BCUT2D eigenvalue weighted by atomic mass is 16.3. The van der Waals surface area contributed by atoms with Crippen LogP contribution in [0.4, 0.5) is 0 Å². The third kappa shape index (κ3) is 7.61. The maximum absolute atomic E-state index is 9.23. The van der Waals surface area contributed by atoms with E-state index in [0.717, 1.165) is 73.9 Å². The van der Waals surface area contributed by atoms with Gasteiger partial charge in [-0.1, -0.05) is 58.1 Å². The minimum Gasteiger partial charge on any atom is -0.395 e. The summed E-state index contributed by atoms with van der Waals surface area (Å²) < 4.78 is 0. The molecule has 0 aromatic rings. The number of aliphatic imine (C=N–C) groups is 1. The van der Waals surface area contributed by atoms with Crippen LogP contribution in [-0.2, 0) is 0 Å². The van der Waals surface area contributed by atoms with Crippen LogP contribution in [0.25, 0.3) is 0 Å². The Bertz CT molecular complexity index is 1150. The number of amidine groups is 1. The zero-order valence-electron chi connectivity index (χ0n) is 25.4. The van der Waals surface area contributed by atoms with Crippen molar-refractivity contribution >= 4 is 5.84 Å². The van der Waals surface area contributed by atoms with Crippen molar-refractivity contribution in [2.24, 2.45) is 16.8 Å². The fraction of sp³-hybridized carbons (Fsp3) is 0.500. The van der Waals surface area contributed by atoms with Gasteiger partial charge >= 0.3 is 0 Å². The average molecular weight is 531 g/mol. The van der Waals surface area contributed by atoms with E-state index in [4.69, 9.17) is 4.99 Å². The van der Waals surface area contributed by atoms with Crippen LogP contribution in [0.3, 0.4) is 0 Å². The molecule has 5 nitrogen and oxygen atoms in total. The smallest absolute Gasteiger partial charge is 0.137 e. The maximum atomic E-state index is 9.23. The molecule has 0 aliphatic carbocycles. The highest BCUT2D eigenvalue weighted by Crippen LogP contribution is 2.32. The molecule has 3 heterocycles. The van der Waals surface area contributed by atoms with Gasteiger partial charge in [-0.05, 0) is 86.5 Å². The normalized spacial score (nSPS) is 21.1. The lowest BCUT2D eigenvalue weighted by molar-refractivity contribution is 0.133. The summed E-state index contributed by atoms with van der Waals surface area (Å²) in [4.78, 5) is 11.8. The molecule has 3 rings (SSSR count). The van der Waals surface area contributed by atoms with Crippen molar-refractivity contribution in [1.82, 2.24) is 14.7 Å². The Morgan fingerprint density at radius 2 is 1.69 bits per heavy atom. The lowest BCUT2D eigenvalue weighted by Crippen LogP contribution is -2.47. The first-order valence-electron chi connectivity index (χ1n) is 14.6. The number of hydrogen-bond donors (Lipinski definition) is 1. The van der Waals surface area contributed by atoms with Crippen LogP contribution in [0, 0.1) is 11.8 Å². The highest BCUT2D eigenvalue weighted by Gasteiger charge is 2.24. The molecule has 0 saturated carbocycles. The molecule has 3 aliphatic heterocycles. The maximum Gasteiger partial charge on any atom is 0.137 e. The summed E-state index contributed by atoms with van der Waals surface area (Å²) in [6, 6.07) is 0. The van der Waals surface area contributed by atoms with Crippen molar-refractivity contribution < 1.29 is 5.11 Å². The summed E-state index contributed by atoms with van der Waals surface area (Å²) in [6.07, 6.45) is 15.4. The van der Waals surface area contributed by atoms with Crippen LogP contribution in [-0.4, -0.2) is 65.0 Å². The number of β-amino-alcohol motifs (C(OH)–C–C–N with tert-alkyl or cyclic N) is 1. The second kappa shape index (κ2) is 14.0. The first kappa shape index (κ1) is 30.6. The molecule has 0 amide bonds. The van der Waals surface area contributed by atoms with Crippen molar-refractivity contribution in [2.75, 3.05) is 39.3 Å². The van der Waals surface area contributed by atoms with Crippen LogP contribution < -0.4 is 0 Å². The predicted octanol–water partition coefficient (Wildman–Crippen LogP) is 6.98. The van der Waals surface area contributed by atoms with Gasteiger partial charge in [0.15, 0.2) is 0 Å². The minimum absolute atomic E-state index is 0.218. The second-order valence-corrected chi connectivity index (χ2v) is 11.3. The Hall–Kier alpha value is -2.89. The van der Waals surface area contributed by atoms with E-state index in [-0.39, 0.29) is 6.61 Å². The molecule has 3 aliphatic rings. The fourth-order valence-electron chi connectivity index (χ4n) is 5.32. The number of aliphatic hydroxyl groups is 1. The van der Waals surface area contributed by atoms with Crippen molar-refractivity contribution in [3.8, 4) is 0 Å². The largest absolute Gasteiger partial charge is 0.395 e. The first-order valence-corrected chi connectivity index (χ1v) is 14.6. The molecule has 2 atom stereocenters. The zero-order valence-corrected chi connectivity index (χ0v) is 25.4. The predicted molar refractivity (Wildman–Crippen MR) is 167 cm³/mol. The lowest BCUT2D eigenvalue weighted by atomic mass is 9.86. The van der Waals surface area contributed by atoms with Gasteiger partial charge in [0.2, 0.25) is 0 Å². The lowest BCUT2D eigenvalue weighted by Gasteiger charge is -2.38. The summed E-state index contributed by atoms with van der Waals surface area (Å²) in [5, 5.41) is 9.23. The van der Waals surface area contributed by atoms with Crippen LogP contribution in [0.15, 0.2) is 99.7 Å². The van der Waals surface area contributed by atoms with E-state index in [1.165, 1.54) is 22.4 Å². The Balaban J connectivity index is 1.90. The number of piperazine rings is 1. The molecular formula is C34H50N4O. The standard InChI is InChI=1S/C34H50N4O/c1-10-25(5)27(7)20-30(34(24(3)4)26(6)11-2)21-28(8)32-22-29(9)38-23-31(12-13-33(38)35-32)37-16-14-36(15-17-37)18-19-39/h12-13,20-23,25-26,39H,3,9-11,14-19H2,1-2,4-8H3/b27-20-,28-21+,34-30-. The Morgan fingerprint density at radius 1 is 1.03 bits per heavy atom. The molecule has 0 aromatic heterocycles. The molecule has 1 fully saturated rings. The van der Waals surface area contributed by atoms with Crippen molar-refractivity contribution in [2.45, 2.75) is 61.3 Å². The van der Waals surface area contributed by atoms with Crippen molar-refractivity contribution in [3.05, 3.63) is 94.7 Å². The highest BCUT2D eigenvalue weighted by molar-refractivity contribution is 5.98. The van der Waals surface area contributed by atoms with Gasteiger partial charge in [-0.3, -0.25) is 4.90 Å². The number of hydrogen-bond acceptors (Lipinski definition) is 5. The SMILES string of the molecule is C=C(C)/C(=C(\C=C(\C)C(C)CC)/C=C(\C)C1=CC(=C)N2C=C(N3CCN(CCO)CC3)C=CC2=N1)C(C)CC. The summed E-state index contributed by atoms with van der Waals surface area (Å²) in [5.74, 6) is 1.85. The summed E-state index contributed by atoms with van der Waals surface area (Å²) in [6.45, 7) is 29.1. The molecule has 1 N–H and O–H groups in total. The monoisotopic (exact) mass is 530 g/mol. The molecule has 0 spiro atoms. The molecule has 212 valence electrons. The van der Waals surface area contributed by atoms with Crippen molar-refractivity contribution in [1.29, 1.82) is 0 Å². The number of nitrogens with zero attached hydrogens (tertiary/aromatic N) is 4. The average Bonchev–Trinajstić information content (AvgIpc) is 2.92. The van der Waals surface area contributed by atoms with Crippen LogP contribution in [0.1, 0.15) is 61.3 Å². The van der Waals surface area contributed by atoms with E-state index in [1.54, 1.807) is 0 Å². The molecule has 1 saturated heterocycles. The third-order valence-electron chi connectivity index (χ3n) is 8.34. The summed E-state index contributed by atoms with van der Waals surface area (Å²) >= 11 is 0. The van der Waals surface area contributed by atoms with E-state index in [9.17, 15) is 5.11 Å². The molecule has 2 unspecified atom stereocenters. The zero-order chi connectivity index (χ0) is 28.7. The van der Waals surface area contributed by atoms with Gasteiger partial charge in [-0.2, -0.15) is 0 Å². The van der Waals surface area contributed by atoms with Gasteiger partial charge in [0.05, 0.1) is 18.0 Å². The molecule has 0 aromatic carbocycles. The Kier molecular flexibility index (Phi) is 11.0. The van der Waals surface area contributed by atoms with Gasteiger partial charge in [-0.25, -0.2) is 4.99 Å². The quantitative estimate of drug-likeness (QED) is 0.293. The van der Waals surface area contributed by atoms with E-state index in [0.29, 0.717) is 11.8 Å². The van der Waals surface area contributed by atoms with Gasteiger partial charge in [0, 0.05) is 44.6 Å². The molecule has 0 bridgehead atoms. The van der Waals surface area contributed by atoms with Crippen LogP contribution in [0.2, 0.25) is 0 Å². The Labute approximate surface area is 237 Å². The van der Waals surface area contributed by atoms with Gasteiger partial charge < -0.3 is 14.9 Å². The fourth-order valence-corrected chi connectivity index (χ4v) is 5.32. The Morgan fingerprint density at radius 3 is 2.28 bits per heavy atom. The second-order valence-electron chi connectivity index (χ2n) is 11.3. The summed E-state index contributed by atoms with van der Waals surface area (Å²) in [7, 11) is 0. The van der Waals surface area contributed by atoms with Crippen LogP contribution >= 0.6 is 0 Å². The van der Waals surface area contributed by atoms with E-state index >= 15 is 0 Å². The van der Waals surface area contributed by atoms with Gasteiger partial charge in [0.25, 0.3) is 0 Å². The number of aliphatic hydroxyl groups excluding tert-OH is 1. The number of rotatable bonds is 11. The molecule has 5 heteroatoms. The van der Waals surface area contributed by atoms with E-state index in [2.05, 4.69) is 113 Å².